The Balaban J connectivity index is 1.96. The van der Waals surface area contributed by atoms with Crippen LogP contribution in [0.2, 0.25) is 0 Å². The van der Waals surface area contributed by atoms with Crippen LogP contribution >= 0.6 is 0 Å². The van der Waals surface area contributed by atoms with E-state index in [0.29, 0.717) is 6.42 Å². The summed E-state index contributed by atoms with van der Waals surface area (Å²) >= 11 is 0. The van der Waals surface area contributed by atoms with Crippen molar-refractivity contribution >= 4 is 0 Å². The number of aromatic nitrogens is 1. The molecule has 1 atom stereocenters. The number of pyridine rings is 1. The van der Waals surface area contributed by atoms with E-state index in [2.05, 4.69) is 17.1 Å². The van der Waals surface area contributed by atoms with E-state index in [-0.39, 0.29) is 0 Å². The van der Waals surface area contributed by atoms with E-state index in [1.807, 2.05) is 30.3 Å². The molecule has 1 aromatic heterocycles. The van der Waals surface area contributed by atoms with Gasteiger partial charge in [0.15, 0.2) is 0 Å². The molecule has 0 radical (unpaired) electrons. The number of hydrogen-bond acceptors (Lipinski definition) is 2. The summed E-state index contributed by atoms with van der Waals surface area (Å²) < 4.78 is 0. The fraction of sp³-hybridized carbons (Fsp3) is 0.312. The number of benzene rings is 1. The summed E-state index contributed by atoms with van der Waals surface area (Å²) in [6, 6.07) is 14.1. The molecular weight excluding hydrogens is 222 g/mol. The number of aliphatic hydroxyl groups is 1. The highest BCUT2D eigenvalue weighted by Gasteiger charge is 2.34. The Morgan fingerprint density at radius 3 is 2.78 bits per heavy atom. The van der Waals surface area contributed by atoms with Crippen LogP contribution in [0.5, 0.6) is 0 Å². The summed E-state index contributed by atoms with van der Waals surface area (Å²) in [6.45, 7) is 0. The number of rotatable bonds is 2. The summed E-state index contributed by atoms with van der Waals surface area (Å²) in [5.41, 5.74) is 2.57. The molecule has 0 saturated carbocycles. The third kappa shape index (κ3) is 2.04. The lowest BCUT2D eigenvalue weighted by molar-refractivity contribution is 0.0181. The summed E-state index contributed by atoms with van der Waals surface area (Å²) in [6.07, 6.45) is 5.32. The van der Waals surface area contributed by atoms with E-state index in [1.54, 1.807) is 6.20 Å². The van der Waals surface area contributed by atoms with Crippen LogP contribution in [-0.2, 0) is 18.4 Å². The maximum Gasteiger partial charge on any atom is 0.0954 e. The third-order valence-electron chi connectivity index (χ3n) is 3.75. The van der Waals surface area contributed by atoms with Crippen molar-refractivity contribution in [2.24, 2.45) is 0 Å². The first-order valence-corrected chi connectivity index (χ1v) is 6.49. The van der Waals surface area contributed by atoms with Crippen molar-refractivity contribution in [3.8, 4) is 0 Å². The molecule has 0 spiro atoms. The molecule has 92 valence electrons. The molecule has 1 aromatic carbocycles. The second-order valence-corrected chi connectivity index (χ2v) is 5.04. The minimum atomic E-state index is -0.747. The van der Waals surface area contributed by atoms with Crippen molar-refractivity contribution in [1.29, 1.82) is 0 Å². The second kappa shape index (κ2) is 4.54. The number of nitrogens with zero attached hydrogens (tertiary/aromatic N) is 1. The first-order valence-electron chi connectivity index (χ1n) is 6.49. The van der Waals surface area contributed by atoms with Gasteiger partial charge in [-0.25, -0.2) is 0 Å². The molecule has 1 heterocycles. The predicted molar refractivity (Wildman–Crippen MR) is 71.2 cm³/mol. The minimum absolute atomic E-state index is 0.602. The van der Waals surface area contributed by atoms with E-state index in [0.717, 1.165) is 30.5 Å². The number of aryl methyl sites for hydroxylation is 1. The maximum atomic E-state index is 10.9. The summed E-state index contributed by atoms with van der Waals surface area (Å²) in [5, 5.41) is 10.9. The highest BCUT2D eigenvalue weighted by molar-refractivity contribution is 5.35. The van der Waals surface area contributed by atoms with Gasteiger partial charge in [0.25, 0.3) is 0 Å². The van der Waals surface area contributed by atoms with E-state index in [4.69, 9.17) is 0 Å². The van der Waals surface area contributed by atoms with Crippen molar-refractivity contribution < 1.29 is 5.11 Å². The molecule has 1 aliphatic carbocycles. The average Bonchev–Trinajstić information content (AvgIpc) is 2.40. The van der Waals surface area contributed by atoms with E-state index in [1.165, 1.54) is 5.56 Å². The van der Waals surface area contributed by atoms with Gasteiger partial charge in [-0.05, 0) is 42.5 Å². The monoisotopic (exact) mass is 239 g/mol. The Morgan fingerprint density at radius 1 is 1.11 bits per heavy atom. The van der Waals surface area contributed by atoms with Crippen molar-refractivity contribution in [2.45, 2.75) is 31.3 Å². The van der Waals surface area contributed by atoms with E-state index in [9.17, 15) is 5.11 Å². The molecular formula is C16H17NO. The molecule has 0 fully saturated rings. The molecule has 1 N–H and O–H groups in total. The van der Waals surface area contributed by atoms with Gasteiger partial charge >= 0.3 is 0 Å². The Kier molecular flexibility index (Phi) is 2.88. The van der Waals surface area contributed by atoms with Crippen molar-refractivity contribution in [1.82, 2.24) is 4.98 Å². The Bertz CT molecular complexity index is 538. The van der Waals surface area contributed by atoms with Crippen LogP contribution in [0.1, 0.15) is 29.7 Å². The van der Waals surface area contributed by atoms with E-state index < -0.39 is 5.60 Å². The first-order chi connectivity index (χ1) is 8.78. The Morgan fingerprint density at radius 2 is 1.94 bits per heavy atom. The molecule has 0 amide bonds. The highest BCUT2D eigenvalue weighted by Crippen LogP contribution is 2.37. The molecule has 0 bridgehead atoms. The van der Waals surface area contributed by atoms with Crippen LogP contribution in [0, 0.1) is 0 Å². The summed E-state index contributed by atoms with van der Waals surface area (Å²) in [5.74, 6) is 0. The van der Waals surface area contributed by atoms with Gasteiger partial charge < -0.3 is 5.11 Å². The molecule has 0 unspecified atom stereocenters. The molecule has 2 nitrogen and oxygen atoms in total. The molecule has 3 rings (SSSR count). The Labute approximate surface area is 107 Å². The largest absolute Gasteiger partial charge is 0.385 e. The zero-order valence-electron chi connectivity index (χ0n) is 10.3. The molecule has 0 aliphatic heterocycles. The lowest BCUT2D eigenvalue weighted by atomic mass is 9.76. The molecule has 2 aromatic rings. The zero-order valence-corrected chi connectivity index (χ0v) is 10.3. The topological polar surface area (TPSA) is 33.1 Å². The fourth-order valence-corrected chi connectivity index (χ4v) is 2.88. The van der Waals surface area contributed by atoms with Crippen LogP contribution in [0.4, 0.5) is 0 Å². The highest BCUT2D eigenvalue weighted by atomic mass is 16.3. The fourth-order valence-electron chi connectivity index (χ4n) is 2.88. The average molecular weight is 239 g/mol. The third-order valence-corrected chi connectivity index (χ3v) is 3.75. The molecule has 0 saturated heterocycles. The van der Waals surface area contributed by atoms with Gasteiger partial charge in [-0.3, -0.25) is 4.98 Å². The van der Waals surface area contributed by atoms with Gasteiger partial charge in [-0.1, -0.05) is 30.3 Å². The lowest BCUT2D eigenvalue weighted by Gasteiger charge is -2.34. The van der Waals surface area contributed by atoms with Crippen molar-refractivity contribution in [3.63, 3.8) is 0 Å². The normalized spacial score (nSPS) is 22.5. The smallest absolute Gasteiger partial charge is 0.0954 e. The van der Waals surface area contributed by atoms with Crippen molar-refractivity contribution in [3.05, 3.63) is 65.5 Å². The summed E-state index contributed by atoms with van der Waals surface area (Å²) in [7, 11) is 0. The Hall–Kier alpha value is -1.67. The van der Waals surface area contributed by atoms with Gasteiger partial charge in [0.2, 0.25) is 0 Å². The SMILES string of the molecule is O[C@@]1(Cc2ccccn2)CCCc2ccccc21. The van der Waals surface area contributed by atoms with Gasteiger partial charge in [-0.15, -0.1) is 0 Å². The lowest BCUT2D eigenvalue weighted by Crippen LogP contribution is -2.33. The minimum Gasteiger partial charge on any atom is -0.385 e. The maximum absolute atomic E-state index is 10.9. The molecule has 1 aliphatic rings. The van der Waals surface area contributed by atoms with Crippen LogP contribution < -0.4 is 0 Å². The van der Waals surface area contributed by atoms with Crippen LogP contribution in [0.15, 0.2) is 48.7 Å². The van der Waals surface area contributed by atoms with Crippen LogP contribution in [0.3, 0.4) is 0 Å². The standard InChI is InChI=1S/C16H17NO/c18-16(12-14-8-3-4-11-17-14)10-5-7-13-6-1-2-9-15(13)16/h1-4,6,8-9,11,18H,5,7,10,12H2/t16-/m1/s1. The molecule has 2 heteroatoms. The number of fused-ring (bicyclic) bond motifs is 1. The quantitative estimate of drug-likeness (QED) is 0.874. The van der Waals surface area contributed by atoms with Gasteiger partial charge in [-0.2, -0.15) is 0 Å². The van der Waals surface area contributed by atoms with E-state index >= 15 is 0 Å². The van der Waals surface area contributed by atoms with Crippen LogP contribution in [0.25, 0.3) is 0 Å². The van der Waals surface area contributed by atoms with Crippen LogP contribution in [-0.4, -0.2) is 10.1 Å². The molecule has 18 heavy (non-hydrogen) atoms. The second-order valence-electron chi connectivity index (χ2n) is 5.04. The van der Waals surface area contributed by atoms with Gasteiger partial charge in [0, 0.05) is 18.3 Å². The first kappa shape index (κ1) is 11.4. The summed E-state index contributed by atoms with van der Waals surface area (Å²) in [4.78, 5) is 4.33. The zero-order chi connectivity index (χ0) is 12.4. The van der Waals surface area contributed by atoms with Gasteiger partial charge in [0.1, 0.15) is 0 Å². The predicted octanol–water partition coefficient (Wildman–Crippen LogP) is 2.85. The van der Waals surface area contributed by atoms with Crippen molar-refractivity contribution in [2.75, 3.05) is 0 Å². The van der Waals surface area contributed by atoms with Gasteiger partial charge in [0.05, 0.1) is 5.60 Å². The number of hydrogen-bond donors (Lipinski definition) is 1.